The maximum Gasteiger partial charge on any atom is 0.362 e. The molecule has 0 fully saturated rings. The molecule has 9 heteroatoms. The van der Waals surface area contributed by atoms with Gasteiger partial charge in [-0.05, 0) is 61.4 Å². The first-order valence-electron chi connectivity index (χ1n) is 8.48. The number of phenols is 1. The molecular weight excluding hydrogens is 376 g/mol. The van der Waals surface area contributed by atoms with Crippen LogP contribution in [0.5, 0.6) is 11.5 Å². The molecule has 3 aromatic rings. The second kappa shape index (κ2) is 8.26. The molecule has 0 aliphatic heterocycles. The minimum atomic E-state index is -0.702. The molecule has 0 unspecified atom stereocenters. The number of aromatic hydroxyl groups is 1. The smallest absolute Gasteiger partial charge is 0.362 e. The Labute approximate surface area is 165 Å². The van der Waals surface area contributed by atoms with Crippen molar-refractivity contribution < 1.29 is 19.6 Å². The first-order chi connectivity index (χ1) is 13.8. The molecule has 0 saturated heterocycles. The zero-order chi connectivity index (χ0) is 21.0. The number of carbonyl (C=O) groups is 1. The summed E-state index contributed by atoms with van der Waals surface area (Å²) >= 11 is 0. The summed E-state index contributed by atoms with van der Waals surface area (Å²) in [4.78, 5) is 26.2. The van der Waals surface area contributed by atoms with Gasteiger partial charge in [-0.3, -0.25) is 10.1 Å². The van der Waals surface area contributed by atoms with Crippen LogP contribution in [0.2, 0.25) is 0 Å². The molecule has 0 aliphatic rings. The molecule has 0 saturated carbocycles. The van der Waals surface area contributed by atoms with E-state index in [4.69, 9.17) is 4.74 Å². The highest BCUT2D eigenvalue weighted by molar-refractivity contribution is 5.89. The summed E-state index contributed by atoms with van der Waals surface area (Å²) in [6.07, 6.45) is 1.37. The predicted molar refractivity (Wildman–Crippen MR) is 104 cm³/mol. The van der Waals surface area contributed by atoms with E-state index >= 15 is 0 Å². The normalized spacial score (nSPS) is 10.8. The van der Waals surface area contributed by atoms with E-state index in [1.807, 2.05) is 0 Å². The van der Waals surface area contributed by atoms with Gasteiger partial charge in [0.25, 0.3) is 5.69 Å². The molecule has 1 heterocycles. The molecule has 0 radical (unpaired) electrons. The van der Waals surface area contributed by atoms with E-state index in [1.165, 1.54) is 36.5 Å². The minimum Gasteiger partial charge on any atom is -0.507 e. The zero-order valence-corrected chi connectivity index (χ0v) is 15.6. The van der Waals surface area contributed by atoms with Crippen LogP contribution in [0.15, 0.2) is 65.0 Å². The summed E-state index contributed by atoms with van der Waals surface area (Å²) in [6.45, 7) is 3.54. The van der Waals surface area contributed by atoms with Crippen molar-refractivity contribution in [1.29, 1.82) is 0 Å². The second-order valence-corrected chi connectivity index (χ2v) is 6.17. The Hall–Kier alpha value is -4.14. The maximum atomic E-state index is 12.1. The number of non-ortho nitro benzene ring substituents is 1. The SMILES string of the molecule is Cc1cc(N=Nc2ccc(C(=O)Oc3ccc([N+](=O)[O-])cc3)nc2)cc(C)c1O. The van der Waals surface area contributed by atoms with E-state index in [2.05, 4.69) is 15.2 Å². The largest absolute Gasteiger partial charge is 0.507 e. The van der Waals surface area contributed by atoms with E-state index in [0.29, 0.717) is 22.5 Å². The quantitative estimate of drug-likeness (QED) is 0.215. The molecular formula is C20H16N4O5. The number of nitrogens with zero attached hydrogens (tertiary/aromatic N) is 4. The molecule has 0 atom stereocenters. The Kier molecular flexibility index (Phi) is 5.59. The Balaban J connectivity index is 1.67. The molecule has 29 heavy (non-hydrogen) atoms. The second-order valence-electron chi connectivity index (χ2n) is 6.17. The Morgan fingerprint density at radius 1 is 1.03 bits per heavy atom. The van der Waals surface area contributed by atoms with Crippen molar-refractivity contribution in [3.05, 3.63) is 81.7 Å². The minimum absolute atomic E-state index is 0.0543. The number of rotatable bonds is 5. The number of nitro benzene ring substituents is 1. The third-order valence-corrected chi connectivity index (χ3v) is 3.97. The van der Waals surface area contributed by atoms with Gasteiger partial charge in [-0.25, -0.2) is 9.78 Å². The van der Waals surface area contributed by atoms with Crippen molar-refractivity contribution in [2.75, 3.05) is 0 Å². The molecule has 0 amide bonds. The molecule has 9 nitrogen and oxygen atoms in total. The van der Waals surface area contributed by atoms with Crippen LogP contribution < -0.4 is 4.74 Å². The number of nitro groups is 1. The number of carbonyl (C=O) groups excluding carboxylic acids is 1. The fourth-order valence-corrected chi connectivity index (χ4v) is 2.47. The number of phenolic OH excluding ortho intramolecular Hbond substituents is 1. The number of aromatic nitrogens is 1. The fraction of sp³-hybridized carbons (Fsp3) is 0.100. The lowest BCUT2D eigenvalue weighted by Gasteiger charge is -2.04. The third-order valence-electron chi connectivity index (χ3n) is 3.97. The standard InChI is InChI=1S/C20H16N4O5/c1-12-9-15(10-13(2)19(12)25)23-22-14-3-8-18(21-11-14)20(26)29-17-6-4-16(5-7-17)24(27)28/h3-11,25H,1-2H3. The highest BCUT2D eigenvalue weighted by atomic mass is 16.6. The lowest BCUT2D eigenvalue weighted by molar-refractivity contribution is -0.384. The molecule has 2 aromatic carbocycles. The summed E-state index contributed by atoms with van der Waals surface area (Å²) in [7, 11) is 0. The molecule has 3 rings (SSSR count). The number of ether oxygens (including phenoxy) is 1. The van der Waals surface area contributed by atoms with Gasteiger partial charge in [0, 0.05) is 12.1 Å². The van der Waals surface area contributed by atoms with Crippen molar-refractivity contribution in [2.45, 2.75) is 13.8 Å². The highest BCUT2D eigenvalue weighted by Gasteiger charge is 2.12. The monoisotopic (exact) mass is 392 g/mol. The Morgan fingerprint density at radius 2 is 1.66 bits per heavy atom. The van der Waals surface area contributed by atoms with Crippen molar-refractivity contribution in [1.82, 2.24) is 4.98 Å². The van der Waals surface area contributed by atoms with Crippen molar-refractivity contribution >= 4 is 23.0 Å². The molecule has 1 aromatic heterocycles. The maximum absolute atomic E-state index is 12.1. The van der Waals surface area contributed by atoms with Crippen LogP contribution in [0.3, 0.4) is 0 Å². The van der Waals surface area contributed by atoms with Gasteiger partial charge >= 0.3 is 5.97 Å². The van der Waals surface area contributed by atoms with Crippen LogP contribution in [0.1, 0.15) is 21.6 Å². The number of hydrogen-bond acceptors (Lipinski definition) is 8. The van der Waals surface area contributed by atoms with Crippen LogP contribution in [0, 0.1) is 24.0 Å². The first-order valence-corrected chi connectivity index (χ1v) is 8.48. The van der Waals surface area contributed by atoms with Gasteiger partial charge in [-0.1, -0.05) is 0 Å². The van der Waals surface area contributed by atoms with E-state index in [-0.39, 0.29) is 22.9 Å². The Morgan fingerprint density at radius 3 is 2.21 bits per heavy atom. The van der Waals surface area contributed by atoms with Gasteiger partial charge in [-0.2, -0.15) is 5.11 Å². The van der Waals surface area contributed by atoms with Crippen LogP contribution in [0.25, 0.3) is 0 Å². The molecule has 146 valence electrons. The highest BCUT2D eigenvalue weighted by Crippen LogP contribution is 2.28. The van der Waals surface area contributed by atoms with Gasteiger partial charge in [0.1, 0.15) is 22.9 Å². The van der Waals surface area contributed by atoms with Crippen LogP contribution in [0.4, 0.5) is 17.1 Å². The lowest BCUT2D eigenvalue weighted by Crippen LogP contribution is -2.10. The zero-order valence-electron chi connectivity index (χ0n) is 15.6. The topological polar surface area (TPSA) is 127 Å². The van der Waals surface area contributed by atoms with Crippen LogP contribution >= 0.6 is 0 Å². The van der Waals surface area contributed by atoms with E-state index in [0.717, 1.165) is 0 Å². The number of esters is 1. The number of benzene rings is 2. The summed E-state index contributed by atoms with van der Waals surface area (Å²) in [5, 5.41) is 28.6. The number of hydrogen-bond donors (Lipinski definition) is 1. The average Bonchev–Trinajstić information content (AvgIpc) is 2.71. The van der Waals surface area contributed by atoms with Crippen LogP contribution in [-0.4, -0.2) is 21.0 Å². The van der Waals surface area contributed by atoms with E-state index in [9.17, 15) is 20.0 Å². The van der Waals surface area contributed by atoms with Gasteiger partial charge < -0.3 is 9.84 Å². The number of aryl methyl sites for hydroxylation is 2. The van der Waals surface area contributed by atoms with Gasteiger partial charge in [0.2, 0.25) is 0 Å². The molecule has 0 spiro atoms. The van der Waals surface area contributed by atoms with Crippen molar-refractivity contribution in [2.24, 2.45) is 10.2 Å². The van der Waals surface area contributed by atoms with Crippen LogP contribution in [-0.2, 0) is 0 Å². The fourth-order valence-electron chi connectivity index (χ4n) is 2.47. The summed E-state index contributed by atoms with van der Waals surface area (Å²) < 4.78 is 5.14. The summed E-state index contributed by atoms with van der Waals surface area (Å²) in [6, 6.07) is 11.6. The number of azo groups is 1. The van der Waals surface area contributed by atoms with E-state index < -0.39 is 10.9 Å². The first kappa shape index (κ1) is 19.6. The molecule has 0 bridgehead atoms. The van der Waals surface area contributed by atoms with Crippen molar-refractivity contribution in [3.63, 3.8) is 0 Å². The van der Waals surface area contributed by atoms with Crippen molar-refractivity contribution in [3.8, 4) is 11.5 Å². The third kappa shape index (κ3) is 4.78. The lowest BCUT2D eigenvalue weighted by atomic mass is 10.1. The van der Waals surface area contributed by atoms with Gasteiger partial charge in [0.15, 0.2) is 0 Å². The average molecular weight is 392 g/mol. The number of pyridine rings is 1. The molecule has 0 aliphatic carbocycles. The van der Waals surface area contributed by atoms with E-state index in [1.54, 1.807) is 32.0 Å². The predicted octanol–water partition coefficient (Wildman–Crippen LogP) is 4.95. The summed E-state index contributed by atoms with van der Waals surface area (Å²) in [5.41, 5.74) is 2.36. The van der Waals surface area contributed by atoms with Gasteiger partial charge in [0.05, 0.1) is 16.8 Å². The van der Waals surface area contributed by atoms with Gasteiger partial charge in [-0.15, -0.1) is 5.11 Å². The molecule has 1 N–H and O–H groups in total. The Bertz CT molecular complexity index is 1070. The summed E-state index contributed by atoms with van der Waals surface area (Å²) in [5.74, 6) is -0.308.